The fraction of sp³-hybridized carbons (Fsp3) is 0.462. The molecule has 20 heavy (non-hydrogen) atoms. The van der Waals surface area contributed by atoms with E-state index in [1.165, 1.54) is 0 Å². The number of carbonyl (C=O) groups excluding carboxylic acids is 2. The number of hydrogen-bond donors (Lipinski definition) is 2. The van der Waals surface area contributed by atoms with Gasteiger partial charge in [-0.25, -0.2) is 10.2 Å². The molecule has 0 aromatic carbocycles. The number of nitrogens with zero attached hydrogens (tertiary/aromatic N) is 1. The maximum Gasteiger partial charge on any atom is 0.332 e. The van der Waals surface area contributed by atoms with Crippen LogP contribution in [0.2, 0.25) is 0 Å². The van der Waals surface area contributed by atoms with E-state index in [2.05, 4.69) is 10.5 Å². The Labute approximate surface area is 116 Å². The van der Waals surface area contributed by atoms with Crippen LogP contribution in [0.3, 0.4) is 0 Å². The lowest BCUT2D eigenvalue weighted by Crippen LogP contribution is -2.29. The molecular formula is C13H17N3O4. The molecule has 2 rings (SSSR count). The van der Waals surface area contributed by atoms with E-state index in [0.717, 1.165) is 19.3 Å². The van der Waals surface area contributed by atoms with Crippen molar-refractivity contribution in [1.29, 1.82) is 0 Å². The van der Waals surface area contributed by atoms with Crippen LogP contribution in [0, 0.1) is 0 Å². The molecule has 1 atom stereocenters. The number of allylic oxidation sites excluding steroid dienone is 4. The van der Waals surface area contributed by atoms with E-state index in [-0.39, 0.29) is 6.29 Å². The minimum atomic E-state index is -0.770. The average Bonchev–Trinajstić information content (AvgIpc) is 2.47. The highest BCUT2D eigenvalue weighted by Gasteiger charge is 2.23. The van der Waals surface area contributed by atoms with Gasteiger partial charge in [-0.1, -0.05) is 12.2 Å². The van der Waals surface area contributed by atoms with Crippen molar-refractivity contribution in [3.05, 3.63) is 23.5 Å². The first-order valence-electron chi connectivity index (χ1n) is 6.47. The molecule has 2 aliphatic rings. The standard InChI is InChI=1S/C13H17N3O4/c14-13(18)16-15-10-5-3-4-9(8-17)12(10)20-11-6-1-2-7-19-11/h3-4,8,11H,1-2,5-7H2,(H3,14,16,18). The number of ether oxygens (including phenoxy) is 2. The van der Waals surface area contributed by atoms with Crippen molar-refractivity contribution in [3.63, 3.8) is 0 Å². The van der Waals surface area contributed by atoms with Crippen molar-refractivity contribution in [2.24, 2.45) is 10.8 Å². The molecule has 0 bridgehead atoms. The zero-order valence-corrected chi connectivity index (χ0v) is 11.0. The Morgan fingerprint density at radius 2 is 2.40 bits per heavy atom. The van der Waals surface area contributed by atoms with Crippen molar-refractivity contribution in [1.82, 2.24) is 5.43 Å². The molecule has 3 N–H and O–H groups in total. The second kappa shape index (κ2) is 6.85. The van der Waals surface area contributed by atoms with Gasteiger partial charge in [-0.2, -0.15) is 5.10 Å². The summed E-state index contributed by atoms with van der Waals surface area (Å²) in [6.45, 7) is 0.635. The smallest absolute Gasteiger partial charge is 0.332 e. The van der Waals surface area contributed by atoms with Gasteiger partial charge in [0, 0.05) is 12.8 Å². The van der Waals surface area contributed by atoms with Crippen LogP contribution >= 0.6 is 0 Å². The number of hydrogen-bond acceptors (Lipinski definition) is 5. The van der Waals surface area contributed by atoms with E-state index < -0.39 is 6.03 Å². The van der Waals surface area contributed by atoms with E-state index in [1.54, 1.807) is 12.2 Å². The highest BCUT2D eigenvalue weighted by molar-refractivity contribution is 6.06. The molecule has 0 spiro atoms. The van der Waals surface area contributed by atoms with Gasteiger partial charge in [0.15, 0.2) is 18.3 Å². The summed E-state index contributed by atoms with van der Waals surface area (Å²) in [4.78, 5) is 21.8. The fourth-order valence-corrected chi connectivity index (χ4v) is 2.02. The first kappa shape index (κ1) is 14.3. The summed E-state index contributed by atoms with van der Waals surface area (Å²) in [7, 11) is 0. The lowest BCUT2D eigenvalue weighted by Gasteiger charge is -2.26. The topological polar surface area (TPSA) is 103 Å². The van der Waals surface area contributed by atoms with Crippen molar-refractivity contribution in [3.8, 4) is 0 Å². The van der Waals surface area contributed by atoms with Crippen LogP contribution in [-0.2, 0) is 14.3 Å². The Bertz CT molecular complexity index is 476. The Balaban J connectivity index is 2.17. The minimum absolute atomic E-state index is 0.336. The number of urea groups is 1. The van der Waals surface area contributed by atoms with Crippen LogP contribution in [0.15, 0.2) is 28.6 Å². The van der Waals surface area contributed by atoms with Crippen LogP contribution in [-0.4, -0.2) is 30.9 Å². The Morgan fingerprint density at radius 1 is 1.55 bits per heavy atom. The summed E-state index contributed by atoms with van der Waals surface area (Å²) < 4.78 is 11.2. The third-order valence-electron chi connectivity index (χ3n) is 2.95. The summed E-state index contributed by atoms with van der Waals surface area (Å²) in [5, 5.41) is 3.87. The van der Waals surface area contributed by atoms with E-state index in [4.69, 9.17) is 15.2 Å². The maximum atomic E-state index is 11.1. The third kappa shape index (κ3) is 3.67. The average molecular weight is 279 g/mol. The van der Waals surface area contributed by atoms with Gasteiger partial charge in [0.25, 0.3) is 0 Å². The fourth-order valence-electron chi connectivity index (χ4n) is 2.02. The molecule has 1 aliphatic heterocycles. The van der Waals surface area contributed by atoms with E-state index in [9.17, 15) is 9.59 Å². The van der Waals surface area contributed by atoms with Crippen LogP contribution in [0.4, 0.5) is 4.79 Å². The van der Waals surface area contributed by atoms with Crippen molar-refractivity contribution < 1.29 is 19.1 Å². The molecule has 7 heteroatoms. The number of hydrazone groups is 1. The van der Waals surface area contributed by atoms with Gasteiger partial charge in [0.05, 0.1) is 12.2 Å². The van der Waals surface area contributed by atoms with E-state index in [1.807, 2.05) is 0 Å². The number of rotatable bonds is 4. The molecule has 1 fully saturated rings. The lowest BCUT2D eigenvalue weighted by atomic mass is 10.0. The molecule has 108 valence electrons. The second-order valence-electron chi connectivity index (χ2n) is 4.46. The van der Waals surface area contributed by atoms with E-state index >= 15 is 0 Å². The number of nitrogens with two attached hydrogens (primary N) is 1. The molecule has 0 aromatic rings. The predicted molar refractivity (Wildman–Crippen MR) is 71.7 cm³/mol. The number of primary amides is 1. The van der Waals surface area contributed by atoms with Gasteiger partial charge in [-0.15, -0.1) is 0 Å². The summed E-state index contributed by atoms with van der Waals surface area (Å²) >= 11 is 0. The molecule has 7 nitrogen and oxygen atoms in total. The van der Waals surface area contributed by atoms with Crippen LogP contribution in [0.5, 0.6) is 0 Å². The SMILES string of the molecule is NC(=O)NN=C1CC=CC(C=O)=C1OC1CCCCO1. The maximum absolute atomic E-state index is 11.1. The number of aldehydes is 1. The zero-order chi connectivity index (χ0) is 14.4. The highest BCUT2D eigenvalue weighted by atomic mass is 16.7. The van der Waals surface area contributed by atoms with Crippen molar-refractivity contribution >= 4 is 18.0 Å². The second-order valence-corrected chi connectivity index (χ2v) is 4.46. The minimum Gasteiger partial charge on any atom is -0.462 e. The molecule has 0 aromatic heterocycles. The van der Waals surface area contributed by atoms with Crippen LogP contribution in [0.25, 0.3) is 0 Å². The van der Waals surface area contributed by atoms with Crippen molar-refractivity contribution in [2.45, 2.75) is 32.0 Å². The largest absolute Gasteiger partial charge is 0.462 e. The van der Waals surface area contributed by atoms with Gasteiger partial charge in [0.1, 0.15) is 5.71 Å². The molecule has 0 saturated carbocycles. The molecule has 2 amide bonds. The van der Waals surface area contributed by atoms with Crippen LogP contribution in [0.1, 0.15) is 25.7 Å². The van der Waals surface area contributed by atoms with E-state index in [0.29, 0.717) is 36.4 Å². The highest BCUT2D eigenvalue weighted by Crippen LogP contribution is 2.23. The Morgan fingerprint density at radius 3 is 3.05 bits per heavy atom. The predicted octanol–water partition coefficient (Wildman–Crippen LogP) is 0.967. The molecule has 1 saturated heterocycles. The molecule has 1 unspecified atom stereocenters. The van der Waals surface area contributed by atoms with Gasteiger partial charge < -0.3 is 15.2 Å². The number of nitrogens with one attached hydrogen (secondary N) is 1. The summed E-state index contributed by atoms with van der Waals surface area (Å²) in [5.41, 5.74) is 7.95. The molecular weight excluding hydrogens is 262 g/mol. The van der Waals surface area contributed by atoms with Gasteiger partial charge in [-0.3, -0.25) is 4.79 Å². The first-order valence-corrected chi connectivity index (χ1v) is 6.47. The summed E-state index contributed by atoms with van der Waals surface area (Å²) in [6.07, 6.45) is 6.94. The summed E-state index contributed by atoms with van der Waals surface area (Å²) in [5.74, 6) is 0.336. The molecule has 1 aliphatic carbocycles. The quantitative estimate of drug-likeness (QED) is 0.591. The number of amides is 2. The Hall–Kier alpha value is -2.15. The molecule has 0 radical (unpaired) electrons. The first-order chi connectivity index (χ1) is 9.70. The van der Waals surface area contributed by atoms with Gasteiger partial charge in [0.2, 0.25) is 0 Å². The summed E-state index contributed by atoms with van der Waals surface area (Å²) in [6, 6.07) is -0.770. The van der Waals surface area contributed by atoms with Gasteiger partial charge in [-0.05, 0) is 12.8 Å². The number of carbonyl (C=O) groups is 2. The van der Waals surface area contributed by atoms with Crippen molar-refractivity contribution in [2.75, 3.05) is 6.61 Å². The van der Waals surface area contributed by atoms with Gasteiger partial charge >= 0.3 is 6.03 Å². The lowest BCUT2D eigenvalue weighted by molar-refractivity contribution is -0.135. The van der Waals surface area contributed by atoms with Crippen LogP contribution < -0.4 is 11.2 Å². The molecule has 1 heterocycles. The monoisotopic (exact) mass is 279 g/mol. The Kier molecular flexibility index (Phi) is 4.89. The zero-order valence-electron chi connectivity index (χ0n) is 11.0. The normalized spacial score (nSPS) is 24.6. The third-order valence-corrected chi connectivity index (χ3v) is 2.95.